The Morgan fingerprint density at radius 1 is 1.24 bits per heavy atom. The Balaban J connectivity index is 1.31. The monoisotopic (exact) mass is 305 g/mol. The Morgan fingerprint density at radius 2 is 2.00 bits per heavy atom. The molecule has 4 rings (SSSR count). The molecule has 2 saturated carbocycles. The van der Waals surface area contributed by atoms with Crippen LogP contribution in [-0.4, -0.2) is 35.6 Å². The summed E-state index contributed by atoms with van der Waals surface area (Å²) < 4.78 is 0. The van der Waals surface area contributed by atoms with Crippen LogP contribution in [0.4, 0.5) is 0 Å². The van der Waals surface area contributed by atoms with Crippen molar-refractivity contribution < 1.29 is 0 Å². The Bertz CT molecular complexity index is 470. The zero-order valence-electron chi connectivity index (χ0n) is 13.1. The lowest BCUT2D eigenvalue weighted by Crippen LogP contribution is -2.44. The van der Waals surface area contributed by atoms with E-state index in [1.54, 1.807) is 0 Å². The first-order valence-electron chi connectivity index (χ1n) is 8.68. The van der Waals surface area contributed by atoms with Crippen molar-refractivity contribution in [1.82, 2.24) is 15.2 Å². The van der Waals surface area contributed by atoms with Crippen LogP contribution < -0.4 is 5.32 Å². The highest BCUT2D eigenvalue weighted by Crippen LogP contribution is 2.42. The number of piperidine rings is 1. The fourth-order valence-electron chi connectivity index (χ4n) is 3.56. The summed E-state index contributed by atoms with van der Waals surface area (Å²) in [4.78, 5) is 8.69. The maximum absolute atomic E-state index is 4.65. The van der Waals surface area contributed by atoms with Crippen molar-refractivity contribution in [1.29, 1.82) is 0 Å². The van der Waals surface area contributed by atoms with E-state index >= 15 is 0 Å². The molecule has 1 saturated heterocycles. The summed E-state index contributed by atoms with van der Waals surface area (Å²) in [6.07, 6.45) is 10.4. The Morgan fingerprint density at radius 3 is 2.57 bits per heavy atom. The van der Waals surface area contributed by atoms with Gasteiger partial charge in [0.25, 0.3) is 0 Å². The number of rotatable bonds is 6. The molecule has 3 aliphatic rings. The molecule has 1 aromatic heterocycles. The molecule has 2 heterocycles. The van der Waals surface area contributed by atoms with Gasteiger partial charge in [-0.05, 0) is 70.4 Å². The minimum atomic E-state index is 0.531. The van der Waals surface area contributed by atoms with E-state index in [1.807, 2.05) is 17.5 Å². The van der Waals surface area contributed by atoms with Crippen LogP contribution in [0, 0.1) is 18.8 Å². The van der Waals surface area contributed by atoms with E-state index < -0.39 is 0 Å². The summed E-state index contributed by atoms with van der Waals surface area (Å²) in [5.41, 5.74) is 0. The number of thiazole rings is 1. The van der Waals surface area contributed by atoms with Crippen molar-refractivity contribution in [2.24, 2.45) is 11.8 Å². The molecule has 0 spiro atoms. The average molecular weight is 305 g/mol. The van der Waals surface area contributed by atoms with E-state index in [1.165, 1.54) is 68.0 Å². The van der Waals surface area contributed by atoms with Gasteiger partial charge in [0, 0.05) is 23.7 Å². The zero-order valence-corrected chi connectivity index (χ0v) is 13.9. The Labute approximate surface area is 132 Å². The van der Waals surface area contributed by atoms with Gasteiger partial charge >= 0.3 is 0 Å². The molecule has 0 unspecified atom stereocenters. The molecule has 1 aliphatic heterocycles. The molecule has 3 fully saturated rings. The first kappa shape index (κ1) is 14.2. The third-order valence-electron chi connectivity index (χ3n) is 5.21. The van der Waals surface area contributed by atoms with Gasteiger partial charge in [0.1, 0.15) is 5.01 Å². The molecule has 2 aliphatic carbocycles. The van der Waals surface area contributed by atoms with Crippen molar-refractivity contribution in [2.45, 2.75) is 57.5 Å². The second kappa shape index (κ2) is 5.98. The van der Waals surface area contributed by atoms with Crippen LogP contribution in [0.25, 0.3) is 0 Å². The van der Waals surface area contributed by atoms with Gasteiger partial charge in [0.2, 0.25) is 0 Å². The number of likely N-dealkylation sites (tertiary alicyclic amines) is 1. The number of hydrogen-bond acceptors (Lipinski definition) is 4. The summed E-state index contributed by atoms with van der Waals surface area (Å²) in [6.45, 7) is 6.12. The molecule has 0 radical (unpaired) electrons. The van der Waals surface area contributed by atoms with Crippen LogP contribution in [0.3, 0.4) is 0 Å². The summed E-state index contributed by atoms with van der Waals surface area (Å²) in [6, 6.07) is 1.24. The molecule has 1 aromatic rings. The molecule has 0 amide bonds. The molecule has 0 aromatic carbocycles. The van der Waals surface area contributed by atoms with Gasteiger partial charge in [-0.15, -0.1) is 11.3 Å². The van der Waals surface area contributed by atoms with Crippen molar-refractivity contribution in [2.75, 3.05) is 19.6 Å². The van der Waals surface area contributed by atoms with E-state index in [-0.39, 0.29) is 0 Å². The predicted molar refractivity (Wildman–Crippen MR) is 87.6 cm³/mol. The number of hydrogen-bond donors (Lipinski definition) is 1. The molecule has 116 valence electrons. The van der Waals surface area contributed by atoms with Crippen LogP contribution >= 0.6 is 11.3 Å². The van der Waals surface area contributed by atoms with Gasteiger partial charge in [0.15, 0.2) is 0 Å². The van der Waals surface area contributed by atoms with Gasteiger partial charge < -0.3 is 10.2 Å². The third kappa shape index (κ3) is 3.66. The first-order valence-corrected chi connectivity index (χ1v) is 9.50. The summed E-state index contributed by atoms with van der Waals surface area (Å²) in [5.74, 6) is 1.88. The number of nitrogens with zero attached hydrogens (tertiary/aromatic N) is 2. The highest BCUT2D eigenvalue weighted by atomic mass is 32.1. The fourth-order valence-corrected chi connectivity index (χ4v) is 4.48. The van der Waals surface area contributed by atoms with E-state index in [2.05, 4.69) is 22.1 Å². The standard InChI is InChI=1S/C17H27N3S/c1-12-10-18-17(21-12)16(14-4-5-14)19-15-6-8-20(9-7-15)11-13-2-3-13/h10,13-16,19H,2-9,11H2,1H3/t16-/m1/s1. The third-order valence-corrected chi connectivity index (χ3v) is 6.21. The largest absolute Gasteiger partial charge is 0.305 e. The van der Waals surface area contributed by atoms with E-state index in [0.29, 0.717) is 12.1 Å². The molecule has 3 nitrogen and oxygen atoms in total. The van der Waals surface area contributed by atoms with Crippen LogP contribution in [0.2, 0.25) is 0 Å². The molecule has 1 atom stereocenters. The Kier molecular flexibility index (Phi) is 4.03. The van der Waals surface area contributed by atoms with Gasteiger partial charge in [-0.2, -0.15) is 0 Å². The van der Waals surface area contributed by atoms with Crippen LogP contribution in [0.15, 0.2) is 6.20 Å². The summed E-state index contributed by atoms with van der Waals surface area (Å²) in [7, 11) is 0. The highest BCUT2D eigenvalue weighted by molar-refractivity contribution is 7.11. The van der Waals surface area contributed by atoms with Crippen molar-refractivity contribution in [3.8, 4) is 0 Å². The van der Waals surface area contributed by atoms with Gasteiger partial charge in [-0.3, -0.25) is 0 Å². The van der Waals surface area contributed by atoms with Crippen LogP contribution in [0.1, 0.15) is 54.5 Å². The Hall–Kier alpha value is -0.450. The highest BCUT2D eigenvalue weighted by Gasteiger charge is 2.36. The summed E-state index contributed by atoms with van der Waals surface area (Å²) >= 11 is 1.89. The predicted octanol–water partition coefficient (Wildman–Crippen LogP) is 3.37. The lowest BCUT2D eigenvalue weighted by atomic mass is 10.0. The van der Waals surface area contributed by atoms with Gasteiger partial charge in [0.05, 0.1) is 6.04 Å². The molecule has 4 heteroatoms. The fraction of sp³-hybridized carbons (Fsp3) is 0.824. The second-order valence-electron chi connectivity index (χ2n) is 7.31. The molecule has 0 bridgehead atoms. The van der Waals surface area contributed by atoms with E-state index in [9.17, 15) is 0 Å². The first-order chi connectivity index (χ1) is 10.3. The quantitative estimate of drug-likeness (QED) is 0.873. The average Bonchev–Trinajstić information content (AvgIpc) is 3.39. The minimum absolute atomic E-state index is 0.531. The normalized spacial score (nSPS) is 26.1. The SMILES string of the molecule is Cc1cnc([C@H](NC2CCN(CC3CC3)CC2)C2CC2)s1. The van der Waals surface area contributed by atoms with Crippen molar-refractivity contribution in [3.05, 3.63) is 16.1 Å². The molecular weight excluding hydrogens is 278 g/mol. The van der Waals surface area contributed by atoms with E-state index in [0.717, 1.165) is 11.8 Å². The van der Waals surface area contributed by atoms with Crippen molar-refractivity contribution >= 4 is 11.3 Å². The molecular formula is C17H27N3S. The number of nitrogens with one attached hydrogen (secondary N) is 1. The summed E-state index contributed by atoms with van der Waals surface area (Å²) in [5, 5.41) is 5.29. The lowest BCUT2D eigenvalue weighted by Gasteiger charge is -2.34. The maximum atomic E-state index is 4.65. The second-order valence-corrected chi connectivity index (χ2v) is 8.58. The van der Waals surface area contributed by atoms with Crippen LogP contribution in [0.5, 0.6) is 0 Å². The van der Waals surface area contributed by atoms with Crippen LogP contribution in [-0.2, 0) is 0 Å². The molecule has 21 heavy (non-hydrogen) atoms. The van der Waals surface area contributed by atoms with Gasteiger partial charge in [-0.25, -0.2) is 4.98 Å². The van der Waals surface area contributed by atoms with E-state index in [4.69, 9.17) is 0 Å². The maximum Gasteiger partial charge on any atom is 0.110 e. The van der Waals surface area contributed by atoms with Crippen molar-refractivity contribution in [3.63, 3.8) is 0 Å². The topological polar surface area (TPSA) is 28.2 Å². The lowest BCUT2D eigenvalue weighted by molar-refractivity contribution is 0.182. The number of aryl methyl sites for hydroxylation is 1. The molecule has 1 N–H and O–H groups in total. The van der Waals surface area contributed by atoms with Gasteiger partial charge in [-0.1, -0.05) is 0 Å². The number of aromatic nitrogens is 1. The minimum Gasteiger partial charge on any atom is -0.305 e. The smallest absolute Gasteiger partial charge is 0.110 e. The zero-order chi connectivity index (χ0) is 14.2.